The smallest absolute Gasteiger partial charge is 0.133 e. The number of rotatable bonds is 0. The molecular formula is C12H20O. The minimum absolute atomic E-state index is 0.334. The van der Waals surface area contributed by atoms with Gasteiger partial charge in [-0.2, -0.15) is 0 Å². The van der Waals surface area contributed by atoms with E-state index in [1.54, 1.807) is 0 Å². The summed E-state index contributed by atoms with van der Waals surface area (Å²) >= 11 is 0. The second-order valence-electron chi connectivity index (χ2n) is 5.54. The number of carbonyl (C=O) groups excluding carboxylic acids is 1. The summed E-state index contributed by atoms with van der Waals surface area (Å²) in [6.45, 7) is 4.74. The molecule has 2 fully saturated rings. The molecule has 0 radical (unpaired) electrons. The molecule has 1 nitrogen and oxygen atoms in total. The van der Waals surface area contributed by atoms with E-state index in [-0.39, 0.29) is 0 Å². The molecule has 2 atom stereocenters. The molecule has 0 aromatic carbocycles. The fourth-order valence-corrected chi connectivity index (χ4v) is 3.30. The molecule has 74 valence electrons. The first-order valence-corrected chi connectivity index (χ1v) is 5.58. The molecule has 13 heavy (non-hydrogen) atoms. The van der Waals surface area contributed by atoms with Crippen molar-refractivity contribution in [3.8, 4) is 0 Å². The Bertz CT molecular complexity index is 233. The number of carbonyl (C=O) groups is 1. The largest absolute Gasteiger partial charge is 0.300 e. The van der Waals surface area contributed by atoms with Gasteiger partial charge in [0.2, 0.25) is 0 Å². The molecule has 0 aromatic rings. The van der Waals surface area contributed by atoms with Crippen LogP contribution in [0.4, 0.5) is 0 Å². The van der Waals surface area contributed by atoms with Crippen LogP contribution in [-0.2, 0) is 4.79 Å². The molecule has 2 rings (SSSR count). The lowest BCUT2D eigenvalue weighted by molar-refractivity contribution is -0.132. The maximum absolute atomic E-state index is 11.5. The molecule has 2 aliphatic rings. The average molecular weight is 180 g/mol. The summed E-state index contributed by atoms with van der Waals surface area (Å²) in [5, 5.41) is 0. The summed E-state index contributed by atoms with van der Waals surface area (Å²) in [4.78, 5) is 11.5. The van der Waals surface area contributed by atoms with E-state index in [9.17, 15) is 4.79 Å². The van der Waals surface area contributed by atoms with Gasteiger partial charge in [-0.05, 0) is 30.1 Å². The number of fused-ring (bicyclic) bond motifs is 1. The third-order valence-corrected chi connectivity index (χ3v) is 4.71. The maximum Gasteiger partial charge on any atom is 0.133 e. The summed E-state index contributed by atoms with van der Waals surface area (Å²) in [5.41, 5.74) is 0.805. The minimum Gasteiger partial charge on any atom is -0.300 e. The van der Waals surface area contributed by atoms with Crippen LogP contribution in [-0.4, -0.2) is 5.78 Å². The predicted octanol–water partition coefficient (Wildman–Crippen LogP) is 3.33. The van der Waals surface area contributed by atoms with Crippen molar-refractivity contribution in [2.24, 2.45) is 10.8 Å². The van der Waals surface area contributed by atoms with Gasteiger partial charge in [-0.15, -0.1) is 0 Å². The lowest BCUT2D eigenvalue weighted by Gasteiger charge is -2.53. The van der Waals surface area contributed by atoms with E-state index in [0.29, 0.717) is 16.6 Å². The van der Waals surface area contributed by atoms with Gasteiger partial charge in [0.1, 0.15) is 5.78 Å². The normalized spacial score (nSPS) is 45.8. The van der Waals surface area contributed by atoms with Crippen LogP contribution >= 0.6 is 0 Å². The molecule has 0 bridgehead atoms. The van der Waals surface area contributed by atoms with Crippen LogP contribution in [0.1, 0.15) is 58.8 Å². The van der Waals surface area contributed by atoms with E-state index in [1.165, 1.54) is 25.7 Å². The predicted molar refractivity (Wildman–Crippen MR) is 53.5 cm³/mol. The van der Waals surface area contributed by atoms with E-state index in [0.717, 1.165) is 19.3 Å². The van der Waals surface area contributed by atoms with Crippen LogP contribution in [0.2, 0.25) is 0 Å². The van der Waals surface area contributed by atoms with E-state index >= 15 is 0 Å². The molecule has 0 N–H and O–H groups in total. The van der Waals surface area contributed by atoms with Crippen molar-refractivity contribution in [1.82, 2.24) is 0 Å². The monoisotopic (exact) mass is 180 g/mol. The van der Waals surface area contributed by atoms with Crippen molar-refractivity contribution in [3.63, 3.8) is 0 Å². The summed E-state index contributed by atoms with van der Waals surface area (Å²) in [6, 6.07) is 0. The third-order valence-electron chi connectivity index (χ3n) is 4.71. The van der Waals surface area contributed by atoms with Gasteiger partial charge in [-0.1, -0.05) is 26.7 Å². The van der Waals surface area contributed by atoms with Gasteiger partial charge in [0.05, 0.1) is 0 Å². The topological polar surface area (TPSA) is 17.1 Å². The Labute approximate surface area is 80.9 Å². The number of hydrogen-bond acceptors (Lipinski definition) is 1. The van der Waals surface area contributed by atoms with Crippen LogP contribution in [0.3, 0.4) is 0 Å². The first-order chi connectivity index (χ1) is 6.06. The average Bonchev–Trinajstić information content (AvgIpc) is 2.07. The van der Waals surface area contributed by atoms with Crippen molar-refractivity contribution in [1.29, 1.82) is 0 Å². The Balaban J connectivity index is 2.25. The fourth-order valence-electron chi connectivity index (χ4n) is 3.30. The molecule has 0 heterocycles. The summed E-state index contributed by atoms with van der Waals surface area (Å²) in [7, 11) is 0. The van der Waals surface area contributed by atoms with E-state index in [1.807, 2.05) is 0 Å². The van der Waals surface area contributed by atoms with Crippen molar-refractivity contribution >= 4 is 5.78 Å². The molecular weight excluding hydrogens is 160 g/mol. The van der Waals surface area contributed by atoms with Gasteiger partial charge in [-0.3, -0.25) is 4.79 Å². The molecule has 1 heteroatoms. The summed E-state index contributed by atoms with van der Waals surface area (Å²) < 4.78 is 0. The second-order valence-corrected chi connectivity index (χ2v) is 5.54. The first-order valence-electron chi connectivity index (χ1n) is 5.58. The quantitative estimate of drug-likeness (QED) is 0.559. The van der Waals surface area contributed by atoms with Gasteiger partial charge in [0.25, 0.3) is 0 Å². The molecule has 2 saturated carbocycles. The Morgan fingerprint density at radius 2 is 1.62 bits per heavy atom. The molecule has 0 aliphatic heterocycles. The SMILES string of the molecule is C[C@@]12CCCC[C@@]1(C)CC(=O)CC2. The van der Waals surface area contributed by atoms with Crippen molar-refractivity contribution in [2.45, 2.75) is 58.8 Å². The van der Waals surface area contributed by atoms with Crippen molar-refractivity contribution < 1.29 is 4.79 Å². The maximum atomic E-state index is 11.5. The zero-order valence-electron chi connectivity index (χ0n) is 8.86. The minimum atomic E-state index is 0.334. The van der Waals surface area contributed by atoms with Crippen molar-refractivity contribution in [3.05, 3.63) is 0 Å². The van der Waals surface area contributed by atoms with Crippen LogP contribution in [0.5, 0.6) is 0 Å². The third kappa shape index (κ3) is 1.33. The molecule has 0 amide bonds. The Hall–Kier alpha value is -0.330. The van der Waals surface area contributed by atoms with Crippen LogP contribution in [0.15, 0.2) is 0 Å². The molecule has 0 spiro atoms. The van der Waals surface area contributed by atoms with Gasteiger partial charge in [-0.25, -0.2) is 0 Å². The van der Waals surface area contributed by atoms with Crippen LogP contribution in [0, 0.1) is 10.8 Å². The number of ketones is 1. The van der Waals surface area contributed by atoms with Gasteiger partial charge in [0.15, 0.2) is 0 Å². The Morgan fingerprint density at radius 1 is 1.00 bits per heavy atom. The number of Topliss-reactive ketones (excluding diaryl/α,β-unsaturated/α-hetero) is 1. The standard InChI is InChI=1S/C12H20O/c1-11-6-3-4-7-12(11,2)9-10(13)5-8-11/h3-9H2,1-2H3/t11-,12-/m0/s1. The highest BCUT2D eigenvalue weighted by Gasteiger charge is 2.49. The Morgan fingerprint density at radius 3 is 2.31 bits per heavy atom. The molecule has 0 aromatic heterocycles. The highest BCUT2D eigenvalue weighted by Crippen LogP contribution is 2.57. The van der Waals surface area contributed by atoms with Crippen molar-refractivity contribution in [2.75, 3.05) is 0 Å². The van der Waals surface area contributed by atoms with Crippen LogP contribution < -0.4 is 0 Å². The lowest BCUT2D eigenvalue weighted by Crippen LogP contribution is -2.45. The second kappa shape index (κ2) is 2.83. The van der Waals surface area contributed by atoms with Gasteiger partial charge >= 0.3 is 0 Å². The number of hydrogen-bond donors (Lipinski definition) is 0. The van der Waals surface area contributed by atoms with E-state index in [2.05, 4.69) is 13.8 Å². The Kier molecular flexibility index (Phi) is 2.01. The fraction of sp³-hybridized carbons (Fsp3) is 0.917. The molecule has 2 aliphatic carbocycles. The summed E-state index contributed by atoms with van der Waals surface area (Å²) in [5.74, 6) is 0.502. The highest BCUT2D eigenvalue weighted by molar-refractivity contribution is 5.80. The molecule has 0 unspecified atom stereocenters. The zero-order valence-corrected chi connectivity index (χ0v) is 8.86. The highest BCUT2D eigenvalue weighted by atomic mass is 16.1. The zero-order chi connectivity index (χ0) is 9.53. The van der Waals surface area contributed by atoms with E-state index in [4.69, 9.17) is 0 Å². The van der Waals surface area contributed by atoms with Crippen LogP contribution in [0.25, 0.3) is 0 Å². The van der Waals surface area contributed by atoms with Gasteiger partial charge < -0.3 is 0 Å². The van der Waals surface area contributed by atoms with Gasteiger partial charge in [0, 0.05) is 12.8 Å². The lowest BCUT2D eigenvalue weighted by atomic mass is 9.51. The molecule has 0 saturated heterocycles. The summed E-state index contributed by atoms with van der Waals surface area (Å²) in [6.07, 6.45) is 8.16. The van der Waals surface area contributed by atoms with E-state index < -0.39 is 0 Å². The first kappa shape index (κ1) is 9.23.